The van der Waals surface area contributed by atoms with Crippen molar-refractivity contribution in [3.63, 3.8) is 0 Å². The fourth-order valence-electron chi connectivity index (χ4n) is 3.39. The molecule has 3 N–H and O–H groups in total. The van der Waals surface area contributed by atoms with Gasteiger partial charge in [-0.15, -0.1) is 28.2 Å². The van der Waals surface area contributed by atoms with Crippen molar-refractivity contribution in [2.45, 2.75) is 23.5 Å². The predicted molar refractivity (Wildman–Crippen MR) is 129 cm³/mol. The smallest absolute Gasteiger partial charge is 0.352 e. The summed E-state index contributed by atoms with van der Waals surface area (Å²) in [5.41, 5.74) is 0.388. The Labute approximate surface area is 215 Å². The van der Waals surface area contributed by atoms with E-state index in [9.17, 15) is 24.3 Å². The van der Waals surface area contributed by atoms with E-state index in [0.29, 0.717) is 16.5 Å². The molecule has 2 aliphatic heterocycles. The second-order valence-electron chi connectivity index (χ2n) is 7.33. The van der Waals surface area contributed by atoms with Crippen molar-refractivity contribution in [3.8, 4) is 0 Å². The molecule has 4 heterocycles. The van der Waals surface area contributed by atoms with Gasteiger partial charge in [-0.25, -0.2) is 14.5 Å². The fourth-order valence-corrected chi connectivity index (χ4v) is 6.46. The Morgan fingerprint density at radius 2 is 2.17 bits per heavy atom. The lowest BCUT2D eigenvalue weighted by atomic mass is 10.0. The lowest BCUT2D eigenvalue weighted by Crippen LogP contribution is -2.71. The van der Waals surface area contributed by atoms with E-state index >= 15 is 0 Å². The molecule has 0 radical (unpaired) electrons. The van der Waals surface area contributed by atoms with Gasteiger partial charge in [0.05, 0.1) is 0 Å². The molecule has 2 atom stereocenters. The van der Waals surface area contributed by atoms with Crippen LogP contribution < -0.4 is 10.6 Å². The predicted octanol–water partition coefficient (Wildman–Crippen LogP) is -0.494. The third kappa shape index (κ3) is 5.05. The number of tetrazole rings is 1. The van der Waals surface area contributed by atoms with Crippen molar-refractivity contribution in [2.24, 2.45) is 12.2 Å². The third-order valence-corrected chi connectivity index (χ3v) is 8.11. The molecule has 0 aromatic carbocycles. The highest BCUT2D eigenvalue weighted by molar-refractivity contribution is 8.01. The molecule has 2 aromatic heterocycles. The fraction of sp³-hybridized carbons (Fsp3) is 0.389. The monoisotopic (exact) mass is 553 g/mol. The summed E-state index contributed by atoms with van der Waals surface area (Å²) in [7, 11) is 2.92. The van der Waals surface area contributed by atoms with Gasteiger partial charge in [0.15, 0.2) is 10.8 Å². The van der Waals surface area contributed by atoms with E-state index in [-0.39, 0.29) is 33.9 Å². The molecular weight excluding hydrogens is 534 g/mol. The summed E-state index contributed by atoms with van der Waals surface area (Å²) >= 11 is 3.68. The molecule has 15 nitrogen and oxygen atoms in total. The first-order valence-electron chi connectivity index (χ1n) is 10.1. The van der Waals surface area contributed by atoms with Crippen LogP contribution in [0.5, 0.6) is 0 Å². The number of carboxylic acids is 1. The Balaban J connectivity index is 1.48. The van der Waals surface area contributed by atoms with Gasteiger partial charge in [-0.1, -0.05) is 16.9 Å². The summed E-state index contributed by atoms with van der Waals surface area (Å²) in [6.45, 7) is 1.32. The average molecular weight is 554 g/mol. The van der Waals surface area contributed by atoms with Crippen LogP contribution in [0.15, 0.2) is 27.0 Å². The van der Waals surface area contributed by atoms with Gasteiger partial charge < -0.3 is 20.6 Å². The highest BCUT2D eigenvalue weighted by Crippen LogP contribution is 2.41. The van der Waals surface area contributed by atoms with Crippen molar-refractivity contribution in [1.29, 1.82) is 0 Å². The number of aryl methyl sites for hydroxylation is 1. The zero-order chi connectivity index (χ0) is 26.0. The number of oxime groups is 1. The molecule has 0 saturated carbocycles. The number of carbonyl (C=O) groups is 4. The molecule has 0 spiro atoms. The average Bonchev–Trinajstić information content (AvgIpc) is 3.46. The molecular formula is C18H19N9O6S3. The Bertz CT molecular complexity index is 1290. The number of carbonyl (C=O) groups excluding carboxylic acids is 3. The van der Waals surface area contributed by atoms with E-state index in [1.165, 1.54) is 52.5 Å². The van der Waals surface area contributed by atoms with Gasteiger partial charge in [0.25, 0.3) is 11.8 Å². The van der Waals surface area contributed by atoms with Crippen LogP contribution in [-0.4, -0.2) is 94.6 Å². The number of fused-ring (bicyclic) bond motifs is 1. The van der Waals surface area contributed by atoms with Crippen LogP contribution in [0.1, 0.15) is 12.6 Å². The van der Waals surface area contributed by atoms with Crippen molar-refractivity contribution in [2.75, 3.05) is 23.9 Å². The zero-order valence-electron chi connectivity index (χ0n) is 19.0. The summed E-state index contributed by atoms with van der Waals surface area (Å²) in [5.74, 6) is -2.23. The van der Waals surface area contributed by atoms with Crippen LogP contribution in [0, 0.1) is 0 Å². The van der Waals surface area contributed by atoms with E-state index in [0.717, 1.165) is 11.3 Å². The summed E-state index contributed by atoms with van der Waals surface area (Å²) in [6.07, 6.45) is 0. The number of aliphatic carboxylic acids is 1. The molecule has 1 unspecified atom stereocenters. The summed E-state index contributed by atoms with van der Waals surface area (Å²) in [6, 6.07) is -0.968. The van der Waals surface area contributed by atoms with Gasteiger partial charge in [-0.05, 0) is 16.0 Å². The number of anilines is 1. The number of nitrogens with zero attached hydrogens (tertiary/aromatic N) is 7. The Morgan fingerprint density at radius 1 is 1.39 bits per heavy atom. The molecule has 1 fully saturated rings. The zero-order valence-corrected chi connectivity index (χ0v) is 21.4. The molecule has 3 amide bonds. The maximum Gasteiger partial charge on any atom is 0.352 e. The second-order valence-corrected chi connectivity index (χ2v) is 10.2. The molecule has 0 bridgehead atoms. The van der Waals surface area contributed by atoms with Gasteiger partial charge in [-0.2, -0.15) is 0 Å². The molecule has 18 heteroatoms. The minimum atomic E-state index is -1.24. The van der Waals surface area contributed by atoms with E-state index in [1.54, 1.807) is 7.05 Å². The van der Waals surface area contributed by atoms with Gasteiger partial charge in [0.2, 0.25) is 11.1 Å². The molecule has 36 heavy (non-hydrogen) atoms. The standard InChI is InChI=1S/C18H19N9O6S3/c1-7(28)19-17-20-9(6-35-17)10(23-33-3)13(29)21-11-14(30)27-12(16(31)32)8(4-34-15(11)27)5-36-18-22-24-25-26(18)2/h6,11,15H,4-5H2,1-3H3,(H,21,29)(H,31,32)(H,19,20,28)/b23-10+/t11?,15-/m1/s1. The lowest BCUT2D eigenvalue weighted by molar-refractivity contribution is -0.150. The van der Waals surface area contributed by atoms with Gasteiger partial charge >= 0.3 is 5.97 Å². The van der Waals surface area contributed by atoms with Crippen LogP contribution >= 0.6 is 34.9 Å². The third-order valence-electron chi connectivity index (χ3n) is 4.92. The molecule has 0 aliphatic carbocycles. The van der Waals surface area contributed by atoms with Gasteiger partial charge in [0.1, 0.15) is 29.9 Å². The van der Waals surface area contributed by atoms with Gasteiger partial charge in [-0.3, -0.25) is 19.3 Å². The number of carboxylic acid groups (broad SMARTS) is 1. The first kappa shape index (κ1) is 25.6. The second kappa shape index (κ2) is 10.6. The maximum absolute atomic E-state index is 13.0. The first-order valence-corrected chi connectivity index (χ1v) is 13.0. The number of β-lactam (4-membered cyclic amide) rings is 1. The van der Waals surface area contributed by atoms with Crippen molar-refractivity contribution in [3.05, 3.63) is 22.3 Å². The quantitative estimate of drug-likeness (QED) is 0.156. The van der Waals surface area contributed by atoms with Crippen LogP contribution in [0.3, 0.4) is 0 Å². The molecule has 190 valence electrons. The summed E-state index contributed by atoms with van der Waals surface area (Å²) in [5, 5.41) is 31.5. The molecule has 4 rings (SSSR count). The van der Waals surface area contributed by atoms with Crippen LogP contribution in [0.25, 0.3) is 0 Å². The largest absolute Gasteiger partial charge is 0.477 e. The normalized spacial score (nSPS) is 19.5. The number of nitrogens with one attached hydrogen (secondary N) is 2. The Hall–Kier alpha value is -3.51. The van der Waals surface area contributed by atoms with Crippen molar-refractivity contribution in [1.82, 2.24) is 35.4 Å². The lowest BCUT2D eigenvalue weighted by Gasteiger charge is -2.49. The van der Waals surface area contributed by atoms with Crippen LogP contribution in [0.4, 0.5) is 5.13 Å². The number of thioether (sulfide) groups is 2. The number of hydrogen-bond acceptors (Lipinski definition) is 13. The maximum atomic E-state index is 13.0. The number of amides is 3. The van der Waals surface area contributed by atoms with Gasteiger partial charge in [0, 0.05) is 30.9 Å². The van der Waals surface area contributed by atoms with E-state index < -0.39 is 29.2 Å². The first-order chi connectivity index (χ1) is 17.2. The Kier molecular flexibility index (Phi) is 7.55. The topological polar surface area (TPSA) is 194 Å². The minimum Gasteiger partial charge on any atom is -0.477 e. The highest BCUT2D eigenvalue weighted by Gasteiger charge is 2.54. The Morgan fingerprint density at radius 3 is 2.81 bits per heavy atom. The molecule has 2 aliphatic rings. The highest BCUT2D eigenvalue weighted by atomic mass is 32.2. The molecule has 2 aromatic rings. The van der Waals surface area contributed by atoms with E-state index in [4.69, 9.17) is 4.84 Å². The van der Waals surface area contributed by atoms with Crippen LogP contribution in [-0.2, 0) is 31.1 Å². The van der Waals surface area contributed by atoms with Crippen LogP contribution in [0.2, 0.25) is 0 Å². The minimum absolute atomic E-state index is 0.109. The summed E-state index contributed by atoms with van der Waals surface area (Å²) < 4.78 is 1.46. The van der Waals surface area contributed by atoms with E-state index in [2.05, 4.69) is 36.3 Å². The number of thiazole rings is 1. The number of rotatable bonds is 9. The summed E-state index contributed by atoms with van der Waals surface area (Å²) in [4.78, 5) is 59.3. The SMILES string of the molecule is CO/N=C(/C(=O)NC1C(=O)N2C(C(=O)O)=C(CSc3nnnn3C)CS[C@H]12)c1csc(NC(C)=O)n1. The number of aromatic nitrogens is 5. The van der Waals surface area contributed by atoms with Crippen molar-refractivity contribution >= 4 is 69.4 Å². The van der Waals surface area contributed by atoms with Crippen molar-refractivity contribution < 1.29 is 29.1 Å². The molecule has 1 saturated heterocycles. The van der Waals surface area contributed by atoms with E-state index in [1.807, 2.05) is 0 Å². The number of hydrogen-bond donors (Lipinski definition) is 3.